The Morgan fingerprint density at radius 1 is 1.19 bits per heavy atom. The fraction of sp³-hybridized carbons (Fsp3) is 0.421. The third kappa shape index (κ3) is 3.48. The van der Waals surface area contributed by atoms with Crippen LogP contribution < -0.4 is 16.4 Å². The van der Waals surface area contributed by atoms with E-state index >= 15 is 0 Å². The van der Waals surface area contributed by atoms with E-state index in [2.05, 4.69) is 15.7 Å². The lowest BCUT2D eigenvalue weighted by atomic mass is 9.89. The number of nitrogens with zero attached hydrogens (tertiary/aromatic N) is 2. The maximum Gasteiger partial charge on any atom is 0.269 e. The smallest absolute Gasteiger partial charge is 0.269 e. The highest BCUT2D eigenvalue weighted by Crippen LogP contribution is 2.33. The number of primary amides is 1. The van der Waals surface area contributed by atoms with Crippen molar-refractivity contribution in [2.45, 2.75) is 44.2 Å². The molecule has 2 bridgehead atoms. The Balaban J connectivity index is 1.46. The summed E-state index contributed by atoms with van der Waals surface area (Å²) in [6.45, 7) is 0. The van der Waals surface area contributed by atoms with Crippen LogP contribution in [-0.2, 0) is 4.79 Å². The van der Waals surface area contributed by atoms with E-state index in [1.165, 1.54) is 12.8 Å². The van der Waals surface area contributed by atoms with Crippen LogP contribution in [0.3, 0.4) is 0 Å². The van der Waals surface area contributed by atoms with E-state index in [0.717, 1.165) is 12.8 Å². The zero-order valence-electron chi connectivity index (χ0n) is 14.5. The van der Waals surface area contributed by atoms with Crippen LogP contribution in [0.15, 0.2) is 36.5 Å². The number of benzene rings is 1. The van der Waals surface area contributed by atoms with Crippen molar-refractivity contribution in [3.05, 3.63) is 42.2 Å². The molecule has 2 saturated heterocycles. The van der Waals surface area contributed by atoms with Gasteiger partial charge in [0.1, 0.15) is 5.69 Å². The van der Waals surface area contributed by atoms with Crippen molar-refractivity contribution < 1.29 is 9.59 Å². The van der Waals surface area contributed by atoms with Gasteiger partial charge in [0.25, 0.3) is 5.91 Å². The largest absolute Gasteiger partial charge is 0.364 e. The summed E-state index contributed by atoms with van der Waals surface area (Å²) < 4.78 is 1.56. The Kier molecular flexibility index (Phi) is 4.46. The van der Waals surface area contributed by atoms with E-state index in [4.69, 9.17) is 5.73 Å². The SMILES string of the molecule is NC(=O)c1ccn(-c2ccccc2NC(=O)CC2CC3CCC(C2)N3)n1. The summed E-state index contributed by atoms with van der Waals surface area (Å²) in [6, 6.07) is 10.1. The molecule has 2 aliphatic heterocycles. The summed E-state index contributed by atoms with van der Waals surface area (Å²) in [5.74, 6) is -0.121. The predicted octanol–water partition coefficient (Wildman–Crippen LogP) is 1.83. The van der Waals surface area contributed by atoms with Crippen LogP contribution in [-0.4, -0.2) is 33.7 Å². The molecule has 136 valence electrons. The highest BCUT2D eigenvalue weighted by atomic mass is 16.2. The number of nitrogens with two attached hydrogens (primary N) is 1. The van der Waals surface area contributed by atoms with E-state index in [1.54, 1.807) is 16.9 Å². The molecule has 0 spiro atoms. The third-order valence-electron chi connectivity index (χ3n) is 5.31. The number of anilines is 1. The molecule has 2 amide bonds. The van der Waals surface area contributed by atoms with Crippen molar-refractivity contribution in [1.82, 2.24) is 15.1 Å². The fourth-order valence-corrected chi connectivity index (χ4v) is 4.17. The molecule has 2 unspecified atom stereocenters. The Labute approximate surface area is 151 Å². The van der Waals surface area contributed by atoms with Crippen molar-refractivity contribution in [2.75, 3.05) is 5.32 Å². The lowest BCUT2D eigenvalue weighted by Crippen LogP contribution is -2.39. The van der Waals surface area contributed by atoms with Gasteiger partial charge in [0.05, 0.1) is 11.4 Å². The normalized spacial score (nSPS) is 24.4. The number of hydrogen-bond donors (Lipinski definition) is 3. The summed E-state index contributed by atoms with van der Waals surface area (Å²) >= 11 is 0. The molecule has 4 N–H and O–H groups in total. The molecular weight excluding hydrogens is 330 g/mol. The van der Waals surface area contributed by atoms with E-state index in [1.807, 2.05) is 24.3 Å². The number of hydrogen-bond acceptors (Lipinski definition) is 4. The maximum absolute atomic E-state index is 12.6. The summed E-state index contributed by atoms with van der Waals surface area (Å²) in [4.78, 5) is 23.8. The first-order valence-corrected chi connectivity index (χ1v) is 9.09. The van der Waals surface area contributed by atoms with E-state index in [-0.39, 0.29) is 11.6 Å². The number of rotatable bonds is 5. The summed E-state index contributed by atoms with van der Waals surface area (Å²) in [6.07, 6.45) is 6.81. The third-order valence-corrected chi connectivity index (χ3v) is 5.31. The van der Waals surface area contributed by atoms with Gasteiger partial charge in [0.15, 0.2) is 0 Å². The van der Waals surface area contributed by atoms with Gasteiger partial charge >= 0.3 is 0 Å². The first-order chi connectivity index (χ1) is 12.6. The highest BCUT2D eigenvalue weighted by molar-refractivity contribution is 5.93. The monoisotopic (exact) mass is 353 g/mol. The molecule has 2 atom stereocenters. The van der Waals surface area contributed by atoms with Gasteiger partial charge < -0.3 is 16.4 Å². The number of para-hydroxylation sites is 2. The van der Waals surface area contributed by atoms with Crippen LogP contribution >= 0.6 is 0 Å². The molecule has 0 saturated carbocycles. The molecule has 4 rings (SSSR count). The van der Waals surface area contributed by atoms with Crippen LogP contribution in [0.25, 0.3) is 5.69 Å². The van der Waals surface area contributed by atoms with Gasteiger partial charge in [-0.15, -0.1) is 0 Å². The second-order valence-electron chi connectivity index (χ2n) is 7.25. The van der Waals surface area contributed by atoms with Gasteiger partial charge in [-0.1, -0.05) is 12.1 Å². The lowest BCUT2D eigenvalue weighted by molar-refractivity contribution is -0.117. The van der Waals surface area contributed by atoms with E-state index in [9.17, 15) is 9.59 Å². The van der Waals surface area contributed by atoms with Crippen LogP contribution in [0.1, 0.15) is 42.6 Å². The Morgan fingerprint density at radius 2 is 1.92 bits per heavy atom. The number of nitrogens with one attached hydrogen (secondary N) is 2. The van der Waals surface area contributed by atoms with Gasteiger partial charge in [0.2, 0.25) is 5.91 Å². The van der Waals surface area contributed by atoms with Gasteiger partial charge in [-0.25, -0.2) is 4.68 Å². The Morgan fingerprint density at radius 3 is 2.62 bits per heavy atom. The van der Waals surface area contributed by atoms with Gasteiger partial charge in [-0.3, -0.25) is 9.59 Å². The van der Waals surface area contributed by atoms with Crippen LogP contribution in [0.5, 0.6) is 0 Å². The first-order valence-electron chi connectivity index (χ1n) is 9.09. The number of fused-ring (bicyclic) bond motifs is 2. The van der Waals surface area contributed by atoms with Crippen molar-refractivity contribution >= 4 is 17.5 Å². The topological polar surface area (TPSA) is 102 Å². The van der Waals surface area contributed by atoms with Gasteiger partial charge in [0, 0.05) is 24.7 Å². The molecule has 26 heavy (non-hydrogen) atoms. The van der Waals surface area contributed by atoms with E-state index in [0.29, 0.717) is 35.8 Å². The number of aromatic nitrogens is 2. The molecule has 2 fully saturated rings. The molecule has 1 aromatic heterocycles. The average molecular weight is 353 g/mol. The second kappa shape index (κ2) is 6.92. The molecule has 7 heteroatoms. The molecule has 7 nitrogen and oxygen atoms in total. The number of carbonyl (C=O) groups is 2. The van der Waals surface area contributed by atoms with Crippen LogP contribution in [0, 0.1) is 5.92 Å². The zero-order chi connectivity index (χ0) is 18.1. The summed E-state index contributed by atoms with van der Waals surface area (Å²) in [5, 5.41) is 10.8. The number of piperidine rings is 1. The van der Waals surface area contributed by atoms with E-state index < -0.39 is 5.91 Å². The summed E-state index contributed by atoms with van der Waals surface area (Å²) in [5.41, 5.74) is 6.84. The quantitative estimate of drug-likeness (QED) is 0.763. The minimum atomic E-state index is -0.578. The van der Waals surface area contributed by atoms with Crippen molar-refractivity contribution in [2.24, 2.45) is 11.7 Å². The standard InChI is InChI=1S/C19H23N5O2/c20-19(26)16-7-8-24(23-16)17-4-2-1-3-15(17)22-18(25)11-12-9-13-5-6-14(10-12)21-13/h1-4,7-8,12-14,21H,5-6,9-11H2,(H2,20,26)(H,22,25). The zero-order valence-corrected chi connectivity index (χ0v) is 14.5. The minimum absolute atomic E-state index is 0.0195. The predicted molar refractivity (Wildman–Crippen MR) is 98.0 cm³/mol. The molecule has 1 aromatic carbocycles. The van der Waals surface area contributed by atoms with Crippen molar-refractivity contribution in [1.29, 1.82) is 0 Å². The molecule has 0 radical (unpaired) electrons. The summed E-state index contributed by atoms with van der Waals surface area (Å²) in [7, 11) is 0. The molecule has 0 aliphatic carbocycles. The molecule has 2 aliphatic rings. The van der Waals surface area contributed by atoms with Gasteiger partial charge in [-0.2, -0.15) is 5.10 Å². The maximum atomic E-state index is 12.6. The number of amides is 2. The minimum Gasteiger partial charge on any atom is -0.364 e. The first kappa shape index (κ1) is 16.8. The average Bonchev–Trinajstić information content (AvgIpc) is 3.22. The van der Waals surface area contributed by atoms with Crippen LogP contribution in [0.4, 0.5) is 5.69 Å². The van der Waals surface area contributed by atoms with Crippen molar-refractivity contribution in [3.8, 4) is 5.69 Å². The van der Waals surface area contributed by atoms with Crippen LogP contribution in [0.2, 0.25) is 0 Å². The Hall–Kier alpha value is -2.67. The van der Waals surface area contributed by atoms with Crippen molar-refractivity contribution in [3.63, 3.8) is 0 Å². The second-order valence-corrected chi connectivity index (χ2v) is 7.25. The molecule has 2 aromatic rings. The molecule has 3 heterocycles. The number of carbonyl (C=O) groups excluding carboxylic acids is 2. The molecular formula is C19H23N5O2. The van der Waals surface area contributed by atoms with Gasteiger partial charge in [-0.05, 0) is 49.8 Å². The fourth-order valence-electron chi connectivity index (χ4n) is 4.17. The Bertz CT molecular complexity index is 819. The highest BCUT2D eigenvalue weighted by Gasteiger charge is 2.34. The lowest BCUT2D eigenvalue weighted by Gasteiger charge is -2.28.